The monoisotopic (exact) mass is 511 g/mol. The van der Waals surface area contributed by atoms with Crippen LogP contribution in [0.3, 0.4) is 0 Å². The smallest absolute Gasteiger partial charge is 0.254 e. The third-order valence-electron chi connectivity index (χ3n) is 8.27. The van der Waals surface area contributed by atoms with Crippen LogP contribution in [0.5, 0.6) is 0 Å². The topological polar surface area (TPSA) is 85.9 Å². The van der Waals surface area contributed by atoms with Gasteiger partial charge in [-0.3, -0.25) is 4.79 Å². The Morgan fingerprint density at radius 2 is 1.79 bits per heavy atom. The molecule has 6 heterocycles. The zero-order chi connectivity index (χ0) is 25.6. The number of piperazine rings is 1. The molecule has 1 amide bonds. The molecule has 2 unspecified atom stereocenters. The molecular formula is C29H33N7O2. The van der Waals surface area contributed by atoms with Gasteiger partial charge < -0.3 is 30.1 Å². The Balaban J connectivity index is 1.14. The molecular weight excluding hydrogens is 478 g/mol. The molecule has 0 spiro atoms. The van der Waals surface area contributed by atoms with Crippen LogP contribution >= 0.6 is 0 Å². The van der Waals surface area contributed by atoms with E-state index in [1.807, 2.05) is 30.6 Å². The molecule has 9 heteroatoms. The minimum atomic E-state index is -0.0579. The normalized spacial score (nSPS) is 22.9. The minimum absolute atomic E-state index is 0.0579. The van der Waals surface area contributed by atoms with Crippen molar-refractivity contribution in [2.75, 3.05) is 61.4 Å². The number of hydrogen-bond donors (Lipinski definition) is 2. The number of likely N-dealkylation sites (N-methyl/N-ethyl adjacent to an activating group) is 1. The summed E-state index contributed by atoms with van der Waals surface area (Å²) >= 11 is 0. The van der Waals surface area contributed by atoms with Crippen LogP contribution in [0.15, 0.2) is 48.8 Å². The first kappa shape index (κ1) is 23.4. The van der Waals surface area contributed by atoms with E-state index in [9.17, 15) is 4.79 Å². The van der Waals surface area contributed by atoms with E-state index in [1.54, 1.807) is 0 Å². The van der Waals surface area contributed by atoms with Gasteiger partial charge in [-0.2, -0.15) is 0 Å². The summed E-state index contributed by atoms with van der Waals surface area (Å²) < 4.78 is 6.01. The molecule has 2 N–H and O–H groups in total. The van der Waals surface area contributed by atoms with Gasteiger partial charge in [0, 0.05) is 52.0 Å². The number of carbonyl (C=O) groups is 1. The Hall–Kier alpha value is -3.69. The standard InChI is InChI=1S/C29H33N7O2/c1-34-10-12-35(13-11-34)20-2-7-26(31-15-20)33-25-6-5-23(24-16-32-29(37)28(24)25)19-8-9-30-27(14-19)36-17-21-3-4-22(18-36)38-21/h2,5-9,14-15,21-22H,3-4,10-13,16-18H2,1H3,(H,31,33)(H,32,37). The second kappa shape index (κ2) is 9.56. The Labute approximate surface area is 222 Å². The van der Waals surface area contributed by atoms with Crippen LogP contribution in [0.25, 0.3) is 11.1 Å². The molecule has 7 rings (SSSR count). The number of anilines is 4. The van der Waals surface area contributed by atoms with Crippen LogP contribution < -0.4 is 20.4 Å². The predicted molar refractivity (Wildman–Crippen MR) is 148 cm³/mol. The van der Waals surface area contributed by atoms with Gasteiger partial charge in [-0.15, -0.1) is 0 Å². The lowest BCUT2D eigenvalue weighted by molar-refractivity contribution is 0.0302. The SMILES string of the molecule is CN1CCN(c2ccc(Nc3ccc(-c4ccnc(N5CC6CCC(C5)O6)c4)c4c3C(=O)NC4)nc2)CC1. The van der Waals surface area contributed by atoms with Crippen LogP contribution in [0.4, 0.5) is 23.0 Å². The molecule has 1 aromatic carbocycles. The molecule has 2 bridgehead atoms. The lowest BCUT2D eigenvalue weighted by Gasteiger charge is -2.33. The van der Waals surface area contributed by atoms with Gasteiger partial charge in [-0.05, 0) is 66.9 Å². The number of morpholine rings is 1. The first-order chi connectivity index (χ1) is 18.6. The van der Waals surface area contributed by atoms with Crippen molar-refractivity contribution in [3.05, 3.63) is 59.9 Å². The first-order valence-corrected chi connectivity index (χ1v) is 13.6. The summed E-state index contributed by atoms with van der Waals surface area (Å²) in [4.78, 5) is 29.3. The maximum Gasteiger partial charge on any atom is 0.254 e. The number of hydrogen-bond acceptors (Lipinski definition) is 8. The zero-order valence-electron chi connectivity index (χ0n) is 21.7. The van der Waals surface area contributed by atoms with E-state index in [0.29, 0.717) is 24.3 Å². The lowest BCUT2D eigenvalue weighted by atomic mass is 9.96. The molecule has 2 aromatic heterocycles. The Morgan fingerprint density at radius 3 is 2.55 bits per heavy atom. The van der Waals surface area contributed by atoms with Gasteiger partial charge in [0.05, 0.1) is 35.3 Å². The summed E-state index contributed by atoms with van der Waals surface area (Å²) in [5.41, 5.74) is 5.73. The highest BCUT2D eigenvalue weighted by Crippen LogP contribution is 2.37. The van der Waals surface area contributed by atoms with Crippen molar-refractivity contribution in [2.24, 2.45) is 0 Å². The van der Waals surface area contributed by atoms with Crippen molar-refractivity contribution in [1.82, 2.24) is 20.2 Å². The van der Waals surface area contributed by atoms with Crippen molar-refractivity contribution in [1.29, 1.82) is 0 Å². The van der Waals surface area contributed by atoms with Gasteiger partial charge in [0.1, 0.15) is 11.6 Å². The highest BCUT2D eigenvalue weighted by molar-refractivity contribution is 6.06. The predicted octanol–water partition coefficient (Wildman–Crippen LogP) is 3.25. The maximum atomic E-state index is 12.9. The minimum Gasteiger partial charge on any atom is -0.371 e. The van der Waals surface area contributed by atoms with E-state index in [-0.39, 0.29) is 5.91 Å². The number of aromatic nitrogens is 2. The molecule has 3 saturated heterocycles. The van der Waals surface area contributed by atoms with Crippen LogP contribution in [0.1, 0.15) is 28.8 Å². The fraction of sp³-hybridized carbons (Fsp3) is 0.414. The molecule has 38 heavy (non-hydrogen) atoms. The molecule has 0 radical (unpaired) electrons. The highest BCUT2D eigenvalue weighted by Gasteiger charge is 2.34. The summed E-state index contributed by atoms with van der Waals surface area (Å²) in [6, 6.07) is 12.4. The van der Waals surface area contributed by atoms with Crippen LogP contribution in [-0.4, -0.2) is 79.3 Å². The maximum absolute atomic E-state index is 12.9. The fourth-order valence-corrected chi connectivity index (χ4v) is 6.13. The van der Waals surface area contributed by atoms with Gasteiger partial charge in [-0.1, -0.05) is 6.07 Å². The summed E-state index contributed by atoms with van der Waals surface area (Å²) in [7, 11) is 2.16. The molecule has 9 nitrogen and oxygen atoms in total. The molecule has 4 aliphatic rings. The van der Waals surface area contributed by atoms with Gasteiger partial charge in [0.2, 0.25) is 0 Å². The zero-order valence-corrected chi connectivity index (χ0v) is 21.7. The summed E-state index contributed by atoms with van der Waals surface area (Å²) in [5, 5.41) is 6.42. The number of nitrogens with one attached hydrogen (secondary N) is 2. The fourth-order valence-electron chi connectivity index (χ4n) is 6.13. The quantitative estimate of drug-likeness (QED) is 0.540. The van der Waals surface area contributed by atoms with E-state index in [4.69, 9.17) is 4.74 Å². The molecule has 4 aliphatic heterocycles. The number of rotatable bonds is 5. The van der Waals surface area contributed by atoms with E-state index >= 15 is 0 Å². The number of amides is 1. The number of fused-ring (bicyclic) bond motifs is 3. The van der Waals surface area contributed by atoms with Gasteiger partial charge >= 0.3 is 0 Å². The average Bonchev–Trinajstić information content (AvgIpc) is 3.51. The van der Waals surface area contributed by atoms with Crippen molar-refractivity contribution < 1.29 is 9.53 Å². The van der Waals surface area contributed by atoms with E-state index in [0.717, 1.165) is 91.8 Å². The largest absolute Gasteiger partial charge is 0.371 e. The summed E-state index contributed by atoms with van der Waals surface area (Å²) in [5.74, 6) is 1.64. The lowest BCUT2D eigenvalue weighted by Crippen LogP contribution is -2.44. The number of benzene rings is 1. The number of pyridine rings is 2. The molecule has 0 saturated carbocycles. The van der Waals surface area contributed by atoms with Crippen LogP contribution in [0.2, 0.25) is 0 Å². The molecule has 3 fully saturated rings. The third-order valence-corrected chi connectivity index (χ3v) is 8.27. The number of ether oxygens (including phenoxy) is 1. The molecule has 2 atom stereocenters. The first-order valence-electron chi connectivity index (χ1n) is 13.6. The average molecular weight is 512 g/mol. The van der Waals surface area contributed by atoms with Crippen molar-refractivity contribution >= 4 is 28.9 Å². The van der Waals surface area contributed by atoms with E-state index in [1.165, 1.54) is 0 Å². The van der Waals surface area contributed by atoms with Crippen molar-refractivity contribution in [3.63, 3.8) is 0 Å². The van der Waals surface area contributed by atoms with Gasteiger partial charge in [0.25, 0.3) is 5.91 Å². The van der Waals surface area contributed by atoms with Crippen molar-refractivity contribution in [2.45, 2.75) is 31.6 Å². The molecule has 196 valence electrons. The van der Waals surface area contributed by atoms with Crippen molar-refractivity contribution in [3.8, 4) is 11.1 Å². The second-order valence-electron chi connectivity index (χ2n) is 10.8. The second-order valence-corrected chi connectivity index (χ2v) is 10.8. The number of nitrogens with zero attached hydrogens (tertiary/aromatic N) is 5. The summed E-state index contributed by atoms with van der Waals surface area (Å²) in [6.07, 6.45) is 6.66. The molecule has 0 aliphatic carbocycles. The van der Waals surface area contributed by atoms with E-state index < -0.39 is 0 Å². The van der Waals surface area contributed by atoms with E-state index in [2.05, 4.69) is 60.5 Å². The van der Waals surface area contributed by atoms with Gasteiger partial charge in [0.15, 0.2) is 0 Å². The Kier molecular flexibility index (Phi) is 5.89. The summed E-state index contributed by atoms with van der Waals surface area (Å²) in [6.45, 7) is 6.39. The Bertz CT molecular complexity index is 1340. The third kappa shape index (κ3) is 4.35. The Morgan fingerprint density at radius 1 is 0.974 bits per heavy atom. The molecule has 3 aromatic rings. The highest BCUT2D eigenvalue weighted by atomic mass is 16.5. The van der Waals surface area contributed by atoms with Crippen LogP contribution in [0, 0.1) is 0 Å². The van der Waals surface area contributed by atoms with Gasteiger partial charge in [-0.25, -0.2) is 9.97 Å². The number of carbonyl (C=O) groups excluding carboxylic acids is 1. The van der Waals surface area contributed by atoms with Crippen LogP contribution in [-0.2, 0) is 11.3 Å².